The van der Waals surface area contributed by atoms with E-state index in [0.717, 1.165) is 5.69 Å². The molecule has 0 aliphatic carbocycles. The van der Waals surface area contributed by atoms with Crippen LogP contribution in [0, 0.1) is 5.92 Å². The second-order valence-corrected chi connectivity index (χ2v) is 4.27. The standard InChI is InChI=1S/C13H18N2O3/c1-9(2)12(16)11(15-13(17)18-3)8-10-6-4-5-7-14-10/h4-7,9,11H,8H2,1-3H3,(H,15,17). The van der Waals surface area contributed by atoms with Crippen molar-refractivity contribution < 1.29 is 14.3 Å². The predicted octanol–water partition coefficient (Wildman–Crippen LogP) is 1.57. The first-order valence-corrected chi connectivity index (χ1v) is 5.82. The molecule has 1 rings (SSSR count). The molecule has 1 heterocycles. The second kappa shape index (κ2) is 6.74. The summed E-state index contributed by atoms with van der Waals surface area (Å²) in [6.07, 6.45) is 1.42. The average molecular weight is 250 g/mol. The molecule has 0 aliphatic rings. The Morgan fingerprint density at radius 2 is 2.11 bits per heavy atom. The molecule has 18 heavy (non-hydrogen) atoms. The van der Waals surface area contributed by atoms with Gasteiger partial charge < -0.3 is 10.1 Å². The van der Waals surface area contributed by atoms with Crippen LogP contribution in [-0.2, 0) is 16.0 Å². The molecule has 0 radical (unpaired) electrons. The van der Waals surface area contributed by atoms with E-state index >= 15 is 0 Å². The second-order valence-electron chi connectivity index (χ2n) is 4.27. The lowest BCUT2D eigenvalue weighted by atomic mass is 9.98. The molecule has 0 saturated carbocycles. The Hall–Kier alpha value is -1.91. The van der Waals surface area contributed by atoms with E-state index in [1.807, 2.05) is 12.1 Å². The first-order chi connectivity index (χ1) is 8.54. The molecule has 1 aromatic rings. The van der Waals surface area contributed by atoms with Crippen molar-refractivity contribution in [3.63, 3.8) is 0 Å². The van der Waals surface area contributed by atoms with Crippen molar-refractivity contribution in [3.05, 3.63) is 30.1 Å². The summed E-state index contributed by atoms with van der Waals surface area (Å²) < 4.78 is 4.53. The molecule has 1 N–H and O–H groups in total. The summed E-state index contributed by atoms with van der Waals surface area (Å²) in [6, 6.07) is 4.86. The van der Waals surface area contributed by atoms with E-state index in [1.165, 1.54) is 7.11 Å². The topological polar surface area (TPSA) is 68.3 Å². The molecule has 1 aromatic heterocycles. The van der Waals surface area contributed by atoms with Crippen molar-refractivity contribution in [2.45, 2.75) is 26.3 Å². The monoisotopic (exact) mass is 250 g/mol. The highest BCUT2D eigenvalue weighted by atomic mass is 16.5. The van der Waals surface area contributed by atoms with Crippen LogP contribution < -0.4 is 5.32 Å². The van der Waals surface area contributed by atoms with Crippen LogP contribution in [0.25, 0.3) is 0 Å². The third kappa shape index (κ3) is 4.16. The summed E-state index contributed by atoms with van der Waals surface area (Å²) in [5.41, 5.74) is 0.757. The SMILES string of the molecule is COC(=O)NC(Cc1ccccn1)C(=O)C(C)C. The molecular formula is C13H18N2O3. The van der Waals surface area contributed by atoms with Crippen molar-refractivity contribution in [1.29, 1.82) is 0 Å². The Morgan fingerprint density at radius 1 is 1.39 bits per heavy atom. The molecule has 0 aromatic carbocycles. The Morgan fingerprint density at radius 3 is 2.61 bits per heavy atom. The van der Waals surface area contributed by atoms with Crippen LogP contribution in [0.1, 0.15) is 19.5 Å². The van der Waals surface area contributed by atoms with Crippen molar-refractivity contribution in [2.75, 3.05) is 7.11 Å². The zero-order chi connectivity index (χ0) is 13.5. The molecule has 1 amide bonds. The van der Waals surface area contributed by atoms with Gasteiger partial charge in [-0.25, -0.2) is 4.79 Å². The highest BCUT2D eigenvalue weighted by Gasteiger charge is 2.24. The molecule has 0 spiro atoms. The number of nitrogens with one attached hydrogen (secondary N) is 1. The van der Waals surface area contributed by atoms with Crippen LogP contribution in [-0.4, -0.2) is 30.0 Å². The fourth-order valence-electron chi connectivity index (χ4n) is 1.55. The van der Waals surface area contributed by atoms with Gasteiger partial charge >= 0.3 is 6.09 Å². The number of ether oxygens (including phenoxy) is 1. The van der Waals surface area contributed by atoms with Crippen LogP contribution in [0.2, 0.25) is 0 Å². The van der Waals surface area contributed by atoms with Gasteiger partial charge in [0.25, 0.3) is 0 Å². The quantitative estimate of drug-likeness (QED) is 0.861. The minimum absolute atomic E-state index is 0.0361. The summed E-state index contributed by atoms with van der Waals surface area (Å²) in [5, 5.41) is 2.55. The number of ketones is 1. The van der Waals surface area contributed by atoms with E-state index < -0.39 is 12.1 Å². The minimum atomic E-state index is -0.607. The van der Waals surface area contributed by atoms with Crippen molar-refractivity contribution >= 4 is 11.9 Å². The number of carbonyl (C=O) groups is 2. The fourth-order valence-corrected chi connectivity index (χ4v) is 1.55. The maximum absolute atomic E-state index is 12.0. The number of rotatable bonds is 5. The van der Waals surface area contributed by atoms with E-state index in [0.29, 0.717) is 6.42 Å². The number of Topliss-reactive ketones (excluding diaryl/α,β-unsaturated/α-hetero) is 1. The van der Waals surface area contributed by atoms with E-state index in [-0.39, 0.29) is 11.7 Å². The summed E-state index contributed by atoms with van der Waals surface area (Å²) in [5.74, 6) is -0.193. The number of methoxy groups -OCH3 is 1. The largest absolute Gasteiger partial charge is 0.453 e. The van der Waals surface area contributed by atoms with Gasteiger partial charge in [0.15, 0.2) is 5.78 Å². The van der Waals surface area contributed by atoms with Gasteiger partial charge in [-0.05, 0) is 12.1 Å². The van der Waals surface area contributed by atoms with E-state index in [9.17, 15) is 9.59 Å². The van der Waals surface area contributed by atoms with Crippen LogP contribution >= 0.6 is 0 Å². The Kier molecular flexibility index (Phi) is 5.30. The van der Waals surface area contributed by atoms with Crippen molar-refractivity contribution in [1.82, 2.24) is 10.3 Å². The smallest absolute Gasteiger partial charge is 0.407 e. The third-order valence-corrected chi connectivity index (χ3v) is 2.53. The molecule has 0 fully saturated rings. The summed E-state index contributed by atoms with van der Waals surface area (Å²) >= 11 is 0. The number of amides is 1. The van der Waals surface area contributed by atoms with Gasteiger partial charge in [-0.3, -0.25) is 9.78 Å². The van der Waals surface area contributed by atoms with Gasteiger partial charge in [-0.15, -0.1) is 0 Å². The lowest BCUT2D eigenvalue weighted by Crippen LogP contribution is -2.44. The summed E-state index contributed by atoms with van der Waals surface area (Å²) in [6.45, 7) is 3.60. The van der Waals surface area contributed by atoms with E-state index in [1.54, 1.807) is 26.1 Å². The first-order valence-electron chi connectivity index (χ1n) is 5.82. The normalized spacial score (nSPS) is 12.0. The summed E-state index contributed by atoms with van der Waals surface area (Å²) in [7, 11) is 1.27. The lowest BCUT2D eigenvalue weighted by molar-refractivity contribution is -0.123. The number of alkyl carbamates (subject to hydrolysis) is 1. The van der Waals surface area contributed by atoms with Crippen LogP contribution in [0.5, 0.6) is 0 Å². The number of hydrogen-bond donors (Lipinski definition) is 1. The Labute approximate surface area is 107 Å². The number of pyridine rings is 1. The van der Waals surface area contributed by atoms with Gasteiger partial charge in [0, 0.05) is 24.2 Å². The molecule has 0 aliphatic heterocycles. The molecule has 5 heteroatoms. The van der Waals surface area contributed by atoms with Gasteiger partial charge in [-0.1, -0.05) is 19.9 Å². The number of nitrogens with zero attached hydrogens (tertiary/aromatic N) is 1. The predicted molar refractivity (Wildman–Crippen MR) is 67.1 cm³/mol. The van der Waals surface area contributed by atoms with Crippen LogP contribution in [0.4, 0.5) is 4.79 Å². The highest BCUT2D eigenvalue weighted by Crippen LogP contribution is 2.06. The van der Waals surface area contributed by atoms with Crippen molar-refractivity contribution in [3.8, 4) is 0 Å². The van der Waals surface area contributed by atoms with Gasteiger partial charge in [0.2, 0.25) is 0 Å². The number of hydrogen-bond acceptors (Lipinski definition) is 4. The molecule has 0 bridgehead atoms. The van der Waals surface area contributed by atoms with Crippen LogP contribution in [0.3, 0.4) is 0 Å². The Bertz CT molecular complexity index is 404. The fraction of sp³-hybridized carbons (Fsp3) is 0.462. The maximum atomic E-state index is 12.0. The lowest BCUT2D eigenvalue weighted by Gasteiger charge is -2.18. The van der Waals surface area contributed by atoms with Gasteiger partial charge in [0.05, 0.1) is 13.2 Å². The number of carbonyl (C=O) groups excluding carboxylic acids is 2. The first kappa shape index (κ1) is 14.2. The zero-order valence-electron chi connectivity index (χ0n) is 10.8. The highest BCUT2D eigenvalue weighted by molar-refractivity contribution is 5.88. The summed E-state index contributed by atoms with van der Waals surface area (Å²) in [4.78, 5) is 27.4. The van der Waals surface area contributed by atoms with Crippen molar-refractivity contribution in [2.24, 2.45) is 5.92 Å². The molecule has 1 unspecified atom stereocenters. The number of aromatic nitrogens is 1. The zero-order valence-corrected chi connectivity index (χ0v) is 10.8. The van der Waals surface area contributed by atoms with Gasteiger partial charge in [0.1, 0.15) is 0 Å². The van der Waals surface area contributed by atoms with Crippen LogP contribution in [0.15, 0.2) is 24.4 Å². The molecule has 1 atom stereocenters. The maximum Gasteiger partial charge on any atom is 0.407 e. The molecule has 98 valence electrons. The molecular weight excluding hydrogens is 232 g/mol. The average Bonchev–Trinajstić information content (AvgIpc) is 2.38. The molecule has 0 saturated heterocycles. The van der Waals surface area contributed by atoms with Gasteiger partial charge in [-0.2, -0.15) is 0 Å². The Balaban J connectivity index is 2.77. The molecule has 5 nitrogen and oxygen atoms in total. The minimum Gasteiger partial charge on any atom is -0.453 e. The third-order valence-electron chi connectivity index (χ3n) is 2.53. The van der Waals surface area contributed by atoms with E-state index in [2.05, 4.69) is 15.0 Å². The van der Waals surface area contributed by atoms with E-state index in [4.69, 9.17) is 0 Å².